The van der Waals surface area contributed by atoms with Gasteiger partial charge in [-0.05, 0) is 46.9 Å². The molecule has 2 aromatic carbocycles. The van der Waals surface area contributed by atoms with Crippen molar-refractivity contribution in [3.8, 4) is 5.75 Å². The molecular formula is C25H31N3O3. The molecule has 2 aliphatic heterocycles. The van der Waals surface area contributed by atoms with Gasteiger partial charge in [0.05, 0.1) is 12.8 Å². The van der Waals surface area contributed by atoms with Crippen molar-refractivity contribution in [1.82, 2.24) is 10.4 Å². The molecule has 2 heterocycles. The maximum atomic E-state index is 12.6. The largest absolute Gasteiger partial charge is 0.497 e. The minimum absolute atomic E-state index is 0.0899. The lowest BCUT2D eigenvalue weighted by Crippen LogP contribution is -2.48. The molecule has 0 bridgehead atoms. The summed E-state index contributed by atoms with van der Waals surface area (Å²) in [6, 6.07) is 15.9. The molecule has 2 N–H and O–H groups in total. The second kappa shape index (κ2) is 8.27. The fraction of sp³-hybridized carbons (Fsp3) is 0.400. The van der Waals surface area contributed by atoms with Crippen LogP contribution in [0.4, 0.5) is 10.5 Å². The average molecular weight is 422 g/mol. The normalized spacial score (nSPS) is 17.8. The van der Waals surface area contributed by atoms with Crippen LogP contribution in [0.25, 0.3) is 5.70 Å². The highest BCUT2D eigenvalue weighted by molar-refractivity contribution is 5.89. The summed E-state index contributed by atoms with van der Waals surface area (Å²) in [7, 11) is 1.62. The van der Waals surface area contributed by atoms with Crippen LogP contribution in [0.1, 0.15) is 44.7 Å². The van der Waals surface area contributed by atoms with Crippen molar-refractivity contribution in [2.24, 2.45) is 0 Å². The number of likely N-dealkylation sites (tertiary alicyclic amines) is 1. The second-order valence-corrected chi connectivity index (χ2v) is 9.30. The Morgan fingerprint density at radius 1 is 1.06 bits per heavy atom. The second-order valence-electron chi connectivity index (χ2n) is 9.30. The molecule has 0 aromatic heterocycles. The summed E-state index contributed by atoms with van der Waals surface area (Å²) in [5, 5.41) is 2.95. The van der Waals surface area contributed by atoms with Gasteiger partial charge >= 0.3 is 6.03 Å². The number of piperidine rings is 1. The van der Waals surface area contributed by atoms with E-state index in [1.165, 1.54) is 5.56 Å². The molecule has 1 spiro atoms. The summed E-state index contributed by atoms with van der Waals surface area (Å²) in [6.07, 6.45) is 3.68. The molecule has 0 radical (unpaired) electrons. The Bertz CT molecular complexity index is 951. The number of nitrogens with zero attached hydrogens (tertiary/aromatic N) is 1. The number of benzene rings is 2. The predicted molar refractivity (Wildman–Crippen MR) is 123 cm³/mol. The Balaban J connectivity index is 1.36. The third-order valence-electron chi connectivity index (χ3n) is 6.07. The molecule has 6 heteroatoms. The van der Waals surface area contributed by atoms with Crippen LogP contribution in [0, 0.1) is 0 Å². The van der Waals surface area contributed by atoms with E-state index in [4.69, 9.17) is 9.57 Å². The van der Waals surface area contributed by atoms with Crippen molar-refractivity contribution >= 4 is 17.4 Å². The van der Waals surface area contributed by atoms with Crippen molar-refractivity contribution in [1.29, 1.82) is 0 Å². The van der Waals surface area contributed by atoms with Crippen molar-refractivity contribution in [3.05, 3.63) is 65.7 Å². The molecule has 0 aliphatic carbocycles. The number of nitrogens with one attached hydrogen (secondary N) is 2. The van der Waals surface area contributed by atoms with Crippen LogP contribution in [0.3, 0.4) is 0 Å². The average Bonchev–Trinajstić information content (AvgIpc) is 3.17. The highest BCUT2D eigenvalue weighted by atomic mass is 16.7. The number of methoxy groups -OCH3 is 1. The van der Waals surface area contributed by atoms with Gasteiger partial charge in [0.25, 0.3) is 0 Å². The van der Waals surface area contributed by atoms with Crippen LogP contribution in [-0.2, 0) is 10.3 Å². The van der Waals surface area contributed by atoms with E-state index in [1.807, 2.05) is 29.2 Å². The topological polar surface area (TPSA) is 62.8 Å². The number of carbonyl (C=O) groups excluding carboxylic acids is 1. The van der Waals surface area contributed by atoms with Crippen molar-refractivity contribution in [3.63, 3.8) is 0 Å². The number of hydrogen-bond acceptors (Lipinski definition) is 4. The van der Waals surface area contributed by atoms with E-state index in [0.29, 0.717) is 13.1 Å². The highest BCUT2D eigenvalue weighted by Crippen LogP contribution is 2.35. The molecule has 1 saturated heterocycles. The molecule has 1 fully saturated rings. The van der Waals surface area contributed by atoms with Crippen molar-refractivity contribution in [2.45, 2.75) is 44.6 Å². The fourth-order valence-electron chi connectivity index (χ4n) is 3.98. The molecule has 0 saturated carbocycles. The first-order valence-electron chi connectivity index (χ1n) is 10.8. The van der Waals surface area contributed by atoms with Gasteiger partial charge in [0.1, 0.15) is 11.4 Å². The first kappa shape index (κ1) is 21.2. The quantitative estimate of drug-likeness (QED) is 0.737. The van der Waals surface area contributed by atoms with Gasteiger partial charge in [-0.1, -0.05) is 45.0 Å². The fourth-order valence-corrected chi connectivity index (χ4v) is 3.98. The van der Waals surface area contributed by atoms with Gasteiger partial charge in [-0.25, -0.2) is 4.79 Å². The van der Waals surface area contributed by atoms with Gasteiger partial charge in [-0.15, -0.1) is 0 Å². The van der Waals surface area contributed by atoms with Gasteiger partial charge < -0.3 is 15.0 Å². The number of carbonyl (C=O) groups is 1. The molecule has 0 atom stereocenters. The highest BCUT2D eigenvalue weighted by Gasteiger charge is 2.40. The Labute approximate surface area is 184 Å². The van der Waals surface area contributed by atoms with E-state index in [-0.39, 0.29) is 17.0 Å². The van der Waals surface area contributed by atoms with E-state index in [9.17, 15) is 4.79 Å². The van der Waals surface area contributed by atoms with Gasteiger partial charge in [0.15, 0.2) is 0 Å². The van der Waals surface area contributed by atoms with Crippen molar-refractivity contribution < 1.29 is 14.4 Å². The zero-order valence-electron chi connectivity index (χ0n) is 18.7. The third kappa shape index (κ3) is 4.69. The lowest BCUT2D eigenvalue weighted by Gasteiger charge is -2.36. The standard InChI is InChI=1S/C25H31N3O3/c1-24(2,3)19-7-5-18(6-8-19)22-17-25(31-27-22)13-15-28(16-14-25)23(29)26-20-9-11-21(30-4)12-10-20/h5-12,17,27H,13-16H2,1-4H3,(H,26,29). The maximum absolute atomic E-state index is 12.6. The number of amides is 2. The predicted octanol–water partition coefficient (Wildman–Crippen LogP) is 4.94. The molecule has 4 rings (SSSR count). The van der Waals surface area contributed by atoms with Crippen LogP contribution < -0.4 is 15.5 Å². The first-order chi connectivity index (χ1) is 14.8. The van der Waals surface area contributed by atoms with Gasteiger partial charge in [-0.2, -0.15) is 0 Å². The molecule has 2 aromatic rings. The van der Waals surface area contributed by atoms with Gasteiger partial charge in [-0.3, -0.25) is 10.3 Å². The smallest absolute Gasteiger partial charge is 0.321 e. The summed E-state index contributed by atoms with van der Waals surface area (Å²) in [6.45, 7) is 7.91. The van der Waals surface area contributed by atoms with E-state index < -0.39 is 0 Å². The van der Waals surface area contributed by atoms with Crippen LogP contribution in [0.2, 0.25) is 0 Å². The Kier molecular flexibility index (Phi) is 5.67. The Morgan fingerprint density at radius 3 is 2.29 bits per heavy atom. The zero-order chi connectivity index (χ0) is 22.1. The Morgan fingerprint density at radius 2 is 1.71 bits per heavy atom. The molecule has 2 aliphatic rings. The molecule has 6 nitrogen and oxygen atoms in total. The number of rotatable bonds is 3. The first-order valence-corrected chi connectivity index (χ1v) is 10.8. The van der Waals surface area contributed by atoms with Crippen LogP contribution >= 0.6 is 0 Å². The number of urea groups is 1. The number of ether oxygens (including phenoxy) is 1. The third-order valence-corrected chi connectivity index (χ3v) is 6.07. The zero-order valence-corrected chi connectivity index (χ0v) is 18.7. The number of hydroxylamine groups is 1. The maximum Gasteiger partial charge on any atom is 0.321 e. The molecule has 31 heavy (non-hydrogen) atoms. The van der Waals surface area contributed by atoms with Crippen LogP contribution in [0.5, 0.6) is 5.75 Å². The van der Waals surface area contributed by atoms with Crippen LogP contribution in [0.15, 0.2) is 54.6 Å². The summed E-state index contributed by atoms with van der Waals surface area (Å²) in [5.74, 6) is 0.763. The summed E-state index contributed by atoms with van der Waals surface area (Å²) in [4.78, 5) is 20.5. The van der Waals surface area contributed by atoms with Gasteiger partial charge in [0, 0.05) is 31.6 Å². The minimum atomic E-state index is -0.366. The number of hydrogen-bond donors (Lipinski definition) is 2. The summed E-state index contributed by atoms with van der Waals surface area (Å²) < 4.78 is 5.16. The lowest BCUT2D eigenvalue weighted by molar-refractivity contribution is -0.0634. The molecule has 164 valence electrons. The van der Waals surface area contributed by atoms with E-state index >= 15 is 0 Å². The van der Waals surface area contributed by atoms with Crippen molar-refractivity contribution in [2.75, 3.05) is 25.5 Å². The van der Waals surface area contributed by atoms with Crippen LogP contribution in [-0.4, -0.2) is 36.7 Å². The molecular weight excluding hydrogens is 390 g/mol. The lowest BCUT2D eigenvalue weighted by atomic mass is 9.86. The minimum Gasteiger partial charge on any atom is -0.497 e. The summed E-state index contributed by atoms with van der Waals surface area (Å²) >= 11 is 0. The summed E-state index contributed by atoms with van der Waals surface area (Å²) in [5.41, 5.74) is 7.06. The molecule has 0 unspecified atom stereocenters. The monoisotopic (exact) mass is 421 g/mol. The van der Waals surface area contributed by atoms with E-state index in [1.54, 1.807) is 7.11 Å². The van der Waals surface area contributed by atoms with E-state index in [2.05, 4.69) is 61.9 Å². The van der Waals surface area contributed by atoms with Gasteiger partial charge in [0.2, 0.25) is 0 Å². The number of anilines is 1. The SMILES string of the molecule is COc1ccc(NC(=O)N2CCC3(C=C(c4ccc(C(C)(C)C)cc4)NO3)CC2)cc1. The van der Waals surface area contributed by atoms with E-state index in [0.717, 1.165) is 35.5 Å². The molecule has 2 amide bonds. The Hall–Kier alpha value is -2.99.